The first-order valence-corrected chi connectivity index (χ1v) is 5.87. The molecule has 0 atom stereocenters. The Balaban J connectivity index is 2.67. The molecule has 0 fully saturated rings. The number of hydrogen-bond acceptors (Lipinski definition) is 3. The predicted octanol–water partition coefficient (Wildman–Crippen LogP) is 3.30. The van der Waals surface area contributed by atoms with Crippen molar-refractivity contribution in [2.24, 2.45) is 0 Å². The van der Waals surface area contributed by atoms with Crippen molar-refractivity contribution in [3.8, 4) is 11.3 Å². The molecule has 2 aromatic rings. The number of halogens is 1. The maximum atomic E-state index is 13.1. The van der Waals surface area contributed by atoms with Gasteiger partial charge in [-0.05, 0) is 36.6 Å². The molecule has 0 amide bonds. The minimum absolute atomic E-state index is 0.214. The van der Waals surface area contributed by atoms with Gasteiger partial charge in [-0.25, -0.2) is 14.4 Å². The Labute approximate surface area is 106 Å². The predicted molar refractivity (Wildman–Crippen MR) is 70.7 cm³/mol. The fourth-order valence-electron chi connectivity index (χ4n) is 2.09. The van der Waals surface area contributed by atoms with Crippen LogP contribution >= 0.6 is 0 Å². The van der Waals surface area contributed by atoms with Crippen LogP contribution < -0.4 is 5.73 Å². The normalized spacial score (nSPS) is 10.9. The Kier molecular flexibility index (Phi) is 3.28. The first-order valence-electron chi connectivity index (χ1n) is 5.87. The molecule has 0 spiro atoms. The van der Waals surface area contributed by atoms with Gasteiger partial charge in [0.05, 0.1) is 5.69 Å². The summed E-state index contributed by atoms with van der Waals surface area (Å²) in [6.07, 6.45) is 1.44. The van der Waals surface area contributed by atoms with Crippen LogP contribution in [-0.2, 0) is 0 Å². The van der Waals surface area contributed by atoms with Crippen LogP contribution in [0.4, 0.5) is 10.2 Å². The summed E-state index contributed by atoms with van der Waals surface area (Å²) in [4.78, 5) is 8.33. The highest BCUT2D eigenvalue weighted by Crippen LogP contribution is 2.32. The topological polar surface area (TPSA) is 51.8 Å². The molecular weight excluding hydrogens is 229 g/mol. The van der Waals surface area contributed by atoms with Gasteiger partial charge in [0.2, 0.25) is 0 Å². The van der Waals surface area contributed by atoms with Crippen LogP contribution in [0.15, 0.2) is 24.5 Å². The highest BCUT2D eigenvalue weighted by atomic mass is 19.1. The highest BCUT2D eigenvalue weighted by molar-refractivity contribution is 5.70. The SMILES string of the molecule is Cc1cc(F)ccc1-c1ncnc(N)c1C(C)C. The fraction of sp³-hybridized carbons (Fsp3) is 0.286. The van der Waals surface area contributed by atoms with Gasteiger partial charge in [0.25, 0.3) is 0 Å². The maximum absolute atomic E-state index is 13.1. The van der Waals surface area contributed by atoms with Crippen LogP contribution in [0.25, 0.3) is 11.3 Å². The van der Waals surface area contributed by atoms with E-state index < -0.39 is 0 Å². The summed E-state index contributed by atoms with van der Waals surface area (Å²) in [6.45, 7) is 5.94. The van der Waals surface area contributed by atoms with Crippen LogP contribution in [0.5, 0.6) is 0 Å². The Hall–Kier alpha value is -1.97. The molecule has 1 aromatic heterocycles. The quantitative estimate of drug-likeness (QED) is 0.883. The number of benzene rings is 1. The van der Waals surface area contributed by atoms with E-state index in [0.717, 1.165) is 22.4 Å². The van der Waals surface area contributed by atoms with Crippen LogP contribution in [-0.4, -0.2) is 9.97 Å². The van der Waals surface area contributed by atoms with Crippen molar-refractivity contribution in [3.05, 3.63) is 41.5 Å². The van der Waals surface area contributed by atoms with E-state index in [4.69, 9.17) is 5.73 Å². The van der Waals surface area contributed by atoms with Crippen LogP contribution in [0.1, 0.15) is 30.9 Å². The summed E-state index contributed by atoms with van der Waals surface area (Å²) < 4.78 is 13.1. The lowest BCUT2D eigenvalue weighted by Crippen LogP contribution is -2.04. The molecule has 2 N–H and O–H groups in total. The molecule has 0 aliphatic heterocycles. The van der Waals surface area contributed by atoms with Gasteiger partial charge in [0, 0.05) is 11.1 Å². The van der Waals surface area contributed by atoms with Gasteiger partial charge in [-0.1, -0.05) is 13.8 Å². The molecule has 4 heteroatoms. The zero-order valence-electron chi connectivity index (χ0n) is 10.7. The van der Waals surface area contributed by atoms with E-state index in [9.17, 15) is 4.39 Å². The highest BCUT2D eigenvalue weighted by Gasteiger charge is 2.16. The average Bonchev–Trinajstić information content (AvgIpc) is 2.28. The van der Waals surface area contributed by atoms with E-state index in [0.29, 0.717) is 5.82 Å². The molecule has 1 heterocycles. The third kappa shape index (κ3) is 2.18. The monoisotopic (exact) mass is 245 g/mol. The van der Waals surface area contributed by atoms with Gasteiger partial charge in [-0.15, -0.1) is 0 Å². The number of hydrogen-bond donors (Lipinski definition) is 1. The number of aromatic nitrogens is 2. The van der Waals surface area contributed by atoms with Crippen molar-refractivity contribution >= 4 is 5.82 Å². The molecule has 0 saturated carbocycles. The number of rotatable bonds is 2. The smallest absolute Gasteiger partial charge is 0.130 e. The van der Waals surface area contributed by atoms with Gasteiger partial charge in [0.1, 0.15) is 18.0 Å². The zero-order valence-corrected chi connectivity index (χ0v) is 10.7. The van der Waals surface area contributed by atoms with Crippen LogP contribution in [0, 0.1) is 12.7 Å². The number of nitrogen functional groups attached to an aromatic ring is 1. The zero-order chi connectivity index (χ0) is 13.3. The Morgan fingerprint density at radius 3 is 2.56 bits per heavy atom. The third-order valence-electron chi connectivity index (χ3n) is 2.94. The van der Waals surface area contributed by atoms with Gasteiger partial charge in [-0.3, -0.25) is 0 Å². The van der Waals surface area contributed by atoms with Crippen molar-refractivity contribution < 1.29 is 4.39 Å². The van der Waals surface area contributed by atoms with E-state index in [1.807, 2.05) is 20.8 Å². The molecule has 94 valence electrons. The van der Waals surface area contributed by atoms with Crippen LogP contribution in [0.2, 0.25) is 0 Å². The summed E-state index contributed by atoms with van der Waals surface area (Å²) in [5.41, 5.74) is 9.35. The van der Waals surface area contributed by atoms with Crippen molar-refractivity contribution in [1.29, 1.82) is 0 Å². The third-order valence-corrected chi connectivity index (χ3v) is 2.94. The molecule has 0 saturated heterocycles. The summed E-state index contributed by atoms with van der Waals surface area (Å²) in [6, 6.07) is 4.67. The first-order chi connectivity index (χ1) is 8.50. The molecule has 0 unspecified atom stereocenters. The molecule has 0 aliphatic carbocycles. The Morgan fingerprint density at radius 1 is 1.22 bits per heavy atom. The van der Waals surface area contributed by atoms with Gasteiger partial charge < -0.3 is 5.73 Å². The average molecular weight is 245 g/mol. The van der Waals surface area contributed by atoms with Crippen molar-refractivity contribution in [2.75, 3.05) is 5.73 Å². The summed E-state index contributed by atoms with van der Waals surface area (Å²) in [5.74, 6) is 0.453. The summed E-state index contributed by atoms with van der Waals surface area (Å²) >= 11 is 0. The van der Waals surface area contributed by atoms with E-state index in [1.54, 1.807) is 6.07 Å². The Morgan fingerprint density at radius 2 is 1.94 bits per heavy atom. The summed E-state index contributed by atoms with van der Waals surface area (Å²) in [7, 11) is 0. The minimum Gasteiger partial charge on any atom is -0.383 e. The number of nitrogens with zero attached hydrogens (tertiary/aromatic N) is 2. The maximum Gasteiger partial charge on any atom is 0.130 e. The molecule has 0 radical (unpaired) electrons. The lowest BCUT2D eigenvalue weighted by molar-refractivity contribution is 0.627. The first kappa shape index (κ1) is 12.5. The lowest BCUT2D eigenvalue weighted by atomic mass is 9.95. The van der Waals surface area contributed by atoms with Gasteiger partial charge in [-0.2, -0.15) is 0 Å². The van der Waals surface area contributed by atoms with E-state index in [1.165, 1.54) is 18.5 Å². The van der Waals surface area contributed by atoms with E-state index in [-0.39, 0.29) is 11.7 Å². The number of nitrogens with two attached hydrogens (primary N) is 1. The molecule has 3 nitrogen and oxygen atoms in total. The molecule has 2 rings (SSSR count). The van der Waals surface area contributed by atoms with Crippen molar-refractivity contribution in [1.82, 2.24) is 9.97 Å². The second-order valence-corrected chi connectivity index (χ2v) is 4.64. The van der Waals surface area contributed by atoms with Crippen LogP contribution in [0.3, 0.4) is 0 Å². The molecule has 0 aliphatic rings. The van der Waals surface area contributed by atoms with Gasteiger partial charge >= 0.3 is 0 Å². The Bertz CT molecular complexity index is 579. The standard InChI is InChI=1S/C14H16FN3/c1-8(2)12-13(17-7-18-14(12)16)11-5-4-10(15)6-9(11)3/h4-8H,1-3H3,(H2,16,17,18). The minimum atomic E-state index is -0.246. The van der Waals surface area contributed by atoms with Gasteiger partial charge in [0.15, 0.2) is 0 Å². The fourth-order valence-corrected chi connectivity index (χ4v) is 2.09. The molecule has 18 heavy (non-hydrogen) atoms. The van der Waals surface area contributed by atoms with Crippen molar-refractivity contribution in [3.63, 3.8) is 0 Å². The largest absolute Gasteiger partial charge is 0.383 e. The lowest BCUT2D eigenvalue weighted by Gasteiger charge is -2.15. The van der Waals surface area contributed by atoms with E-state index in [2.05, 4.69) is 9.97 Å². The number of anilines is 1. The van der Waals surface area contributed by atoms with Crippen molar-refractivity contribution in [2.45, 2.75) is 26.7 Å². The second kappa shape index (κ2) is 4.72. The molecular formula is C14H16FN3. The van der Waals surface area contributed by atoms with E-state index >= 15 is 0 Å². The molecule has 0 bridgehead atoms. The second-order valence-electron chi connectivity index (χ2n) is 4.64. The number of aryl methyl sites for hydroxylation is 1. The molecule has 1 aromatic carbocycles. The summed E-state index contributed by atoms with van der Waals surface area (Å²) in [5, 5.41) is 0.